The predicted molar refractivity (Wildman–Crippen MR) is 95.4 cm³/mol. The highest BCUT2D eigenvalue weighted by atomic mass is 35.5. The van der Waals surface area contributed by atoms with Crippen LogP contribution in [0.2, 0.25) is 5.02 Å². The molecule has 2 heterocycles. The monoisotopic (exact) mass is 392 g/mol. The van der Waals surface area contributed by atoms with Gasteiger partial charge in [0.15, 0.2) is 0 Å². The lowest BCUT2D eigenvalue weighted by Crippen LogP contribution is -2.56. The number of carbonyl (C=O) groups is 1. The Labute approximate surface area is 156 Å². The van der Waals surface area contributed by atoms with Gasteiger partial charge in [-0.15, -0.1) is 0 Å². The highest BCUT2D eigenvalue weighted by Crippen LogP contribution is 2.33. The number of rotatable bonds is 3. The zero-order valence-electron chi connectivity index (χ0n) is 15.3. The molecule has 0 radical (unpaired) electrons. The topological polar surface area (TPSA) is 48.5 Å². The first-order valence-corrected chi connectivity index (χ1v) is 8.80. The standard InChI is InChI=1S/C17H24ClF3N4O/c1-11(15(26)23-16(2,3)4)24-5-7-25(8-6-24)14-13(18)9-12(10-22-14)17(19,20)21/h9-11H,5-8H2,1-4H3,(H,23,26). The first kappa shape index (κ1) is 20.8. The van der Waals surface area contributed by atoms with Crippen molar-refractivity contribution < 1.29 is 18.0 Å². The van der Waals surface area contributed by atoms with Crippen LogP contribution in [0.3, 0.4) is 0 Å². The van der Waals surface area contributed by atoms with Gasteiger partial charge in [-0.1, -0.05) is 11.6 Å². The number of amides is 1. The van der Waals surface area contributed by atoms with Crippen molar-refractivity contribution >= 4 is 23.3 Å². The van der Waals surface area contributed by atoms with Crippen LogP contribution >= 0.6 is 11.6 Å². The highest BCUT2D eigenvalue weighted by Gasteiger charge is 2.33. The summed E-state index contributed by atoms with van der Waals surface area (Å²) in [4.78, 5) is 20.1. The Morgan fingerprint density at radius 1 is 1.23 bits per heavy atom. The first-order chi connectivity index (χ1) is 11.9. The van der Waals surface area contributed by atoms with Crippen molar-refractivity contribution in [2.45, 2.75) is 45.5 Å². The minimum Gasteiger partial charge on any atom is -0.353 e. The maximum Gasteiger partial charge on any atom is 0.417 e. The third-order valence-corrected chi connectivity index (χ3v) is 4.47. The van der Waals surface area contributed by atoms with E-state index in [4.69, 9.17) is 11.6 Å². The van der Waals surface area contributed by atoms with Crippen LogP contribution in [0.1, 0.15) is 33.3 Å². The summed E-state index contributed by atoms with van der Waals surface area (Å²) in [6.07, 6.45) is -3.67. The van der Waals surface area contributed by atoms with Crippen molar-refractivity contribution in [3.8, 4) is 0 Å². The lowest BCUT2D eigenvalue weighted by atomic mass is 10.1. The van der Waals surface area contributed by atoms with E-state index in [1.165, 1.54) is 0 Å². The van der Waals surface area contributed by atoms with E-state index in [9.17, 15) is 18.0 Å². The van der Waals surface area contributed by atoms with Gasteiger partial charge >= 0.3 is 6.18 Å². The Balaban J connectivity index is 1.99. The summed E-state index contributed by atoms with van der Waals surface area (Å²) >= 11 is 6.01. The van der Waals surface area contributed by atoms with Gasteiger partial charge in [0, 0.05) is 37.9 Å². The zero-order valence-corrected chi connectivity index (χ0v) is 16.1. The number of halogens is 4. The van der Waals surface area contributed by atoms with Gasteiger partial charge in [0.05, 0.1) is 16.6 Å². The molecule has 1 atom stereocenters. The number of piperazine rings is 1. The van der Waals surface area contributed by atoms with E-state index in [1.54, 1.807) is 0 Å². The average molecular weight is 393 g/mol. The molecule has 1 aliphatic heterocycles. The number of alkyl halides is 3. The largest absolute Gasteiger partial charge is 0.417 e. The van der Waals surface area contributed by atoms with Crippen molar-refractivity contribution in [3.05, 3.63) is 22.8 Å². The summed E-state index contributed by atoms with van der Waals surface area (Å²) in [5, 5.41) is 2.93. The van der Waals surface area contributed by atoms with E-state index in [1.807, 2.05) is 37.5 Å². The van der Waals surface area contributed by atoms with Gasteiger partial charge in [-0.25, -0.2) is 4.98 Å². The van der Waals surface area contributed by atoms with Crippen LogP contribution in [0.4, 0.5) is 19.0 Å². The van der Waals surface area contributed by atoms with E-state index in [0.717, 1.165) is 12.3 Å². The van der Waals surface area contributed by atoms with Crippen LogP contribution in [-0.2, 0) is 11.0 Å². The molecule has 146 valence electrons. The minimum absolute atomic E-state index is 0.0215. The number of pyridine rings is 1. The second-order valence-corrected chi connectivity index (χ2v) is 7.87. The second kappa shape index (κ2) is 7.60. The molecule has 0 aromatic carbocycles. The van der Waals surface area contributed by atoms with Crippen LogP contribution < -0.4 is 10.2 Å². The van der Waals surface area contributed by atoms with Crippen molar-refractivity contribution in [3.63, 3.8) is 0 Å². The molecule has 1 aromatic heterocycles. The summed E-state index contributed by atoms with van der Waals surface area (Å²) in [5.41, 5.74) is -1.16. The van der Waals surface area contributed by atoms with Gasteiger partial charge in [-0.3, -0.25) is 9.69 Å². The number of nitrogens with one attached hydrogen (secondary N) is 1. The number of hydrogen-bond donors (Lipinski definition) is 1. The minimum atomic E-state index is -4.47. The molecule has 0 aliphatic carbocycles. The Morgan fingerprint density at radius 3 is 2.27 bits per heavy atom. The molecular formula is C17H24ClF3N4O. The Bertz CT molecular complexity index is 652. The molecule has 1 aromatic rings. The Kier molecular flexibility index (Phi) is 6.07. The number of carbonyl (C=O) groups excluding carboxylic acids is 1. The smallest absolute Gasteiger partial charge is 0.353 e. The number of hydrogen-bond acceptors (Lipinski definition) is 4. The Morgan fingerprint density at radius 2 is 1.81 bits per heavy atom. The fraction of sp³-hybridized carbons (Fsp3) is 0.647. The third-order valence-electron chi connectivity index (χ3n) is 4.19. The van der Waals surface area contributed by atoms with Crippen LogP contribution in [0.5, 0.6) is 0 Å². The van der Waals surface area contributed by atoms with Crippen molar-refractivity contribution in [2.24, 2.45) is 0 Å². The van der Waals surface area contributed by atoms with E-state index in [2.05, 4.69) is 10.3 Å². The lowest BCUT2D eigenvalue weighted by Gasteiger charge is -2.39. The van der Waals surface area contributed by atoms with Crippen LogP contribution in [-0.4, -0.2) is 53.6 Å². The summed E-state index contributed by atoms with van der Waals surface area (Å²) in [5.74, 6) is 0.294. The second-order valence-electron chi connectivity index (χ2n) is 7.47. The fourth-order valence-electron chi connectivity index (χ4n) is 2.78. The van der Waals surface area contributed by atoms with Gasteiger partial charge in [-0.05, 0) is 33.8 Å². The number of nitrogens with zero attached hydrogens (tertiary/aromatic N) is 3. The number of aromatic nitrogens is 1. The van der Waals surface area contributed by atoms with Gasteiger partial charge in [-0.2, -0.15) is 13.2 Å². The lowest BCUT2D eigenvalue weighted by molar-refractivity contribution is -0.137. The number of anilines is 1. The molecule has 0 saturated carbocycles. The van der Waals surface area contributed by atoms with Crippen LogP contribution in [0.25, 0.3) is 0 Å². The summed E-state index contributed by atoms with van der Waals surface area (Å²) in [7, 11) is 0. The maximum atomic E-state index is 12.7. The van der Waals surface area contributed by atoms with Gasteiger partial charge < -0.3 is 10.2 Å². The third kappa shape index (κ3) is 5.23. The van der Waals surface area contributed by atoms with E-state index in [-0.39, 0.29) is 22.5 Å². The molecule has 26 heavy (non-hydrogen) atoms. The zero-order chi connectivity index (χ0) is 19.7. The molecule has 1 aliphatic rings. The van der Waals surface area contributed by atoms with Crippen LogP contribution in [0.15, 0.2) is 12.3 Å². The van der Waals surface area contributed by atoms with Crippen molar-refractivity contribution in [1.29, 1.82) is 0 Å². The Hall–Kier alpha value is -1.54. The first-order valence-electron chi connectivity index (χ1n) is 8.42. The van der Waals surface area contributed by atoms with Gasteiger partial charge in [0.2, 0.25) is 5.91 Å². The highest BCUT2D eigenvalue weighted by molar-refractivity contribution is 6.33. The molecule has 1 unspecified atom stereocenters. The fourth-order valence-corrected chi connectivity index (χ4v) is 3.07. The molecule has 2 rings (SSSR count). The molecule has 1 N–H and O–H groups in total. The molecule has 0 bridgehead atoms. The summed E-state index contributed by atoms with van der Waals surface area (Å²) < 4.78 is 38.2. The van der Waals surface area contributed by atoms with E-state index in [0.29, 0.717) is 32.0 Å². The van der Waals surface area contributed by atoms with Gasteiger partial charge in [0.1, 0.15) is 5.82 Å². The average Bonchev–Trinajstić information content (AvgIpc) is 2.52. The molecule has 9 heteroatoms. The van der Waals surface area contributed by atoms with E-state index < -0.39 is 11.7 Å². The molecule has 0 spiro atoms. The summed E-state index contributed by atoms with van der Waals surface area (Å²) in [6, 6.07) is 0.614. The van der Waals surface area contributed by atoms with Crippen molar-refractivity contribution in [1.82, 2.24) is 15.2 Å². The SMILES string of the molecule is CC(C(=O)NC(C)(C)C)N1CCN(c2ncc(C(F)(F)F)cc2Cl)CC1. The molecule has 1 amide bonds. The normalized spacial score (nSPS) is 17.9. The maximum absolute atomic E-state index is 12.7. The molecule has 5 nitrogen and oxygen atoms in total. The van der Waals surface area contributed by atoms with Crippen molar-refractivity contribution in [2.75, 3.05) is 31.1 Å². The van der Waals surface area contributed by atoms with E-state index >= 15 is 0 Å². The molecular weight excluding hydrogens is 369 g/mol. The van der Waals surface area contributed by atoms with Gasteiger partial charge in [0.25, 0.3) is 0 Å². The van der Waals surface area contributed by atoms with Crippen LogP contribution in [0, 0.1) is 0 Å². The summed E-state index contributed by atoms with van der Waals surface area (Å²) in [6.45, 7) is 9.88. The predicted octanol–water partition coefficient (Wildman–Crippen LogP) is 3.18. The molecule has 1 saturated heterocycles. The quantitative estimate of drug-likeness (QED) is 0.858. The molecule has 1 fully saturated rings.